The normalized spacial score (nSPS) is 13.1. The monoisotopic (exact) mass is 260 g/mol. The maximum absolute atomic E-state index is 4.13. The quantitative estimate of drug-likeness (QED) is 0.747. The van der Waals surface area contributed by atoms with Gasteiger partial charge in [0.05, 0.1) is 5.54 Å². The van der Waals surface area contributed by atoms with Crippen LogP contribution >= 0.6 is 0 Å². The van der Waals surface area contributed by atoms with E-state index < -0.39 is 0 Å². The van der Waals surface area contributed by atoms with Gasteiger partial charge in [0.25, 0.3) is 0 Å². The number of rotatable bonds is 8. The van der Waals surface area contributed by atoms with Crippen molar-refractivity contribution in [1.82, 2.24) is 10.6 Å². The summed E-state index contributed by atoms with van der Waals surface area (Å²) in [7, 11) is 1.97. The average molecular weight is 260 g/mol. The van der Waals surface area contributed by atoms with E-state index in [0.717, 1.165) is 18.5 Å². The maximum atomic E-state index is 4.13. The van der Waals surface area contributed by atoms with E-state index in [2.05, 4.69) is 68.3 Å². The van der Waals surface area contributed by atoms with Gasteiger partial charge >= 0.3 is 0 Å². The molecule has 0 spiro atoms. The molecule has 1 rings (SSSR count). The third-order valence-electron chi connectivity index (χ3n) is 3.75. The molecule has 0 amide bonds. The molecule has 1 atom stereocenters. The fourth-order valence-corrected chi connectivity index (χ4v) is 1.96. The van der Waals surface area contributed by atoms with E-state index in [9.17, 15) is 0 Å². The minimum atomic E-state index is -0.0618. The predicted molar refractivity (Wildman–Crippen MR) is 84.3 cm³/mol. The van der Waals surface area contributed by atoms with Crippen LogP contribution in [-0.4, -0.2) is 18.6 Å². The molecule has 0 aliphatic rings. The van der Waals surface area contributed by atoms with Gasteiger partial charge in [0.1, 0.15) is 0 Å². The summed E-state index contributed by atoms with van der Waals surface area (Å²) in [6.45, 7) is 10.6. The van der Waals surface area contributed by atoms with Crippen LogP contribution in [0.1, 0.15) is 39.2 Å². The highest BCUT2D eigenvalue weighted by Gasteiger charge is 2.19. The van der Waals surface area contributed by atoms with Crippen LogP contribution in [0.2, 0.25) is 0 Å². The Morgan fingerprint density at radius 2 is 1.89 bits per heavy atom. The lowest BCUT2D eigenvalue weighted by Crippen LogP contribution is -2.45. The van der Waals surface area contributed by atoms with Gasteiger partial charge in [-0.15, -0.1) is 0 Å². The van der Waals surface area contributed by atoms with E-state index in [4.69, 9.17) is 0 Å². The minimum Gasteiger partial charge on any atom is -0.385 e. The first-order valence-corrected chi connectivity index (χ1v) is 7.14. The molecule has 0 aliphatic heterocycles. The highest BCUT2D eigenvalue weighted by Crippen LogP contribution is 2.13. The van der Waals surface area contributed by atoms with Crippen LogP contribution in [0.3, 0.4) is 0 Å². The van der Waals surface area contributed by atoms with Gasteiger partial charge in [0.15, 0.2) is 0 Å². The molecular weight excluding hydrogens is 232 g/mol. The Balaban J connectivity index is 2.29. The van der Waals surface area contributed by atoms with E-state index in [1.165, 1.54) is 12.0 Å². The van der Waals surface area contributed by atoms with Crippen LogP contribution in [0, 0.1) is 0 Å². The molecule has 2 N–H and O–H groups in total. The lowest BCUT2D eigenvalue weighted by Gasteiger charge is -2.30. The van der Waals surface area contributed by atoms with Gasteiger partial charge in [0.2, 0.25) is 0 Å². The van der Waals surface area contributed by atoms with E-state index in [0.29, 0.717) is 6.04 Å². The lowest BCUT2D eigenvalue weighted by atomic mass is 10.00. The molecule has 19 heavy (non-hydrogen) atoms. The highest BCUT2D eigenvalue weighted by molar-refractivity contribution is 5.15. The molecule has 0 saturated carbocycles. The van der Waals surface area contributed by atoms with Gasteiger partial charge in [-0.05, 0) is 52.6 Å². The second-order valence-electron chi connectivity index (χ2n) is 5.78. The van der Waals surface area contributed by atoms with Crippen molar-refractivity contribution in [2.24, 2.45) is 0 Å². The Morgan fingerprint density at radius 1 is 1.26 bits per heavy atom. The van der Waals surface area contributed by atoms with Gasteiger partial charge in [-0.1, -0.05) is 36.9 Å². The first kappa shape index (κ1) is 15.8. The summed E-state index contributed by atoms with van der Waals surface area (Å²) in [5, 5.41) is 6.77. The van der Waals surface area contributed by atoms with Gasteiger partial charge in [-0.3, -0.25) is 0 Å². The number of hydrogen-bond donors (Lipinski definition) is 2. The van der Waals surface area contributed by atoms with Crippen molar-refractivity contribution in [3.8, 4) is 0 Å². The zero-order valence-corrected chi connectivity index (χ0v) is 12.8. The summed E-state index contributed by atoms with van der Waals surface area (Å²) in [6.07, 6.45) is 3.51. The first-order chi connectivity index (χ1) is 8.95. The Kier molecular flexibility index (Phi) is 6.10. The summed E-state index contributed by atoms with van der Waals surface area (Å²) >= 11 is 0. The molecule has 0 fully saturated rings. The van der Waals surface area contributed by atoms with Crippen molar-refractivity contribution in [1.29, 1.82) is 0 Å². The van der Waals surface area contributed by atoms with Crippen molar-refractivity contribution in [3.63, 3.8) is 0 Å². The molecule has 1 aromatic carbocycles. The third-order valence-corrected chi connectivity index (χ3v) is 3.75. The summed E-state index contributed by atoms with van der Waals surface area (Å²) in [6, 6.07) is 11.1. The molecule has 1 unspecified atom stereocenters. The zero-order chi connectivity index (χ0) is 14.3. The van der Waals surface area contributed by atoms with Crippen molar-refractivity contribution in [2.45, 2.75) is 51.6 Å². The van der Waals surface area contributed by atoms with Crippen LogP contribution in [0.25, 0.3) is 0 Å². The highest BCUT2D eigenvalue weighted by atomic mass is 15.0. The topological polar surface area (TPSA) is 24.1 Å². The molecule has 0 bridgehead atoms. The Labute approximate surface area is 118 Å². The average Bonchev–Trinajstić information content (AvgIpc) is 2.39. The maximum Gasteiger partial charge on any atom is 0.0517 e. The molecule has 2 heteroatoms. The zero-order valence-electron chi connectivity index (χ0n) is 12.8. The second kappa shape index (κ2) is 7.34. The second-order valence-corrected chi connectivity index (χ2v) is 5.78. The van der Waals surface area contributed by atoms with Gasteiger partial charge in [-0.2, -0.15) is 0 Å². The van der Waals surface area contributed by atoms with Crippen LogP contribution in [0.5, 0.6) is 0 Å². The van der Waals surface area contributed by atoms with Crippen molar-refractivity contribution in [2.75, 3.05) is 7.05 Å². The lowest BCUT2D eigenvalue weighted by molar-refractivity contribution is 0.430. The summed E-state index contributed by atoms with van der Waals surface area (Å²) in [5.41, 5.74) is 2.42. The molecule has 2 nitrogen and oxygen atoms in total. The van der Waals surface area contributed by atoms with Crippen molar-refractivity contribution >= 4 is 0 Å². The van der Waals surface area contributed by atoms with Gasteiger partial charge in [0, 0.05) is 11.7 Å². The SMILES string of the molecule is C=C(NC(C)CCCc1ccccc1)C(C)(C)NC. The molecular formula is C17H28N2. The molecule has 0 heterocycles. The fraction of sp³-hybridized carbons (Fsp3) is 0.529. The number of aryl methyl sites for hydroxylation is 1. The largest absolute Gasteiger partial charge is 0.385 e. The number of hydrogen-bond acceptors (Lipinski definition) is 2. The van der Waals surface area contributed by atoms with E-state index in [-0.39, 0.29) is 5.54 Å². The first-order valence-electron chi connectivity index (χ1n) is 7.14. The molecule has 106 valence electrons. The summed E-state index contributed by atoms with van der Waals surface area (Å²) in [4.78, 5) is 0. The minimum absolute atomic E-state index is 0.0618. The van der Waals surface area contributed by atoms with Gasteiger partial charge < -0.3 is 10.6 Å². The standard InChI is InChI=1S/C17H28N2/c1-14(19-15(2)17(3,4)18-5)10-9-13-16-11-7-6-8-12-16/h6-8,11-12,14,18-19H,2,9-10,13H2,1,3-5H3. The van der Waals surface area contributed by atoms with Crippen LogP contribution in [0.4, 0.5) is 0 Å². The fourth-order valence-electron chi connectivity index (χ4n) is 1.96. The van der Waals surface area contributed by atoms with Crippen LogP contribution in [0.15, 0.2) is 42.6 Å². The number of likely N-dealkylation sites (N-methyl/N-ethyl adjacent to an activating group) is 1. The molecule has 0 radical (unpaired) electrons. The summed E-state index contributed by atoms with van der Waals surface area (Å²) in [5.74, 6) is 0. The van der Waals surface area contributed by atoms with Crippen molar-refractivity contribution in [3.05, 3.63) is 48.2 Å². The van der Waals surface area contributed by atoms with E-state index in [1.807, 2.05) is 7.05 Å². The third kappa shape index (κ3) is 5.48. The smallest absolute Gasteiger partial charge is 0.0517 e. The van der Waals surface area contributed by atoms with E-state index in [1.54, 1.807) is 0 Å². The Morgan fingerprint density at radius 3 is 2.47 bits per heavy atom. The molecule has 0 saturated heterocycles. The summed E-state index contributed by atoms with van der Waals surface area (Å²) < 4.78 is 0. The molecule has 0 aliphatic carbocycles. The molecule has 1 aromatic rings. The number of benzene rings is 1. The van der Waals surface area contributed by atoms with E-state index >= 15 is 0 Å². The van der Waals surface area contributed by atoms with Crippen LogP contribution < -0.4 is 10.6 Å². The van der Waals surface area contributed by atoms with Crippen molar-refractivity contribution < 1.29 is 0 Å². The predicted octanol–water partition coefficient (Wildman–Crippen LogP) is 3.50. The molecule has 0 aromatic heterocycles. The number of nitrogens with one attached hydrogen (secondary N) is 2. The van der Waals surface area contributed by atoms with Crippen LogP contribution in [-0.2, 0) is 6.42 Å². The Hall–Kier alpha value is -1.28. The Bertz CT molecular complexity index is 382. The van der Waals surface area contributed by atoms with Gasteiger partial charge in [-0.25, -0.2) is 0 Å².